The molecule has 0 bridgehead atoms. The highest BCUT2D eigenvalue weighted by molar-refractivity contribution is 5.60. The molecular weight excluding hydrogens is 292 g/mol. The van der Waals surface area contributed by atoms with Gasteiger partial charge in [0.15, 0.2) is 0 Å². The van der Waals surface area contributed by atoms with Crippen molar-refractivity contribution in [2.75, 3.05) is 6.61 Å². The van der Waals surface area contributed by atoms with Gasteiger partial charge in [0, 0.05) is 12.3 Å². The molecule has 0 aliphatic rings. The zero-order valence-electron chi connectivity index (χ0n) is 14.6. The number of rotatable bonds is 8. The van der Waals surface area contributed by atoms with Gasteiger partial charge in [0.1, 0.15) is 11.7 Å². The summed E-state index contributed by atoms with van der Waals surface area (Å²) >= 11 is 0. The monoisotopic (exact) mass is 320 g/mol. The van der Waals surface area contributed by atoms with Gasteiger partial charge in [-0.05, 0) is 26.3 Å². The van der Waals surface area contributed by atoms with Crippen molar-refractivity contribution in [3.05, 3.63) is 48.6 Å². The summed E-state index contributed by atoms with van der Waals surface area (Å²) < 4.78 is 16.3. The molecule has 1 aromatic rings. The smallest absolute Gasteiger partial charge is 0.430 e. The van der Waals surface area contributed by atoms with E-state index in [1.807, 2.05) is 58.0 Å². The van der Waals surface area contributed by atoms with Crippen LogP contribution in [-0.4, -0.2) is 24.5 Å². The second-order valence-electron chi connectivity index (χ2n) is 6.54. The summed E-state index contributed by atoms with van der Waals surface area (Å²) in [6.45, 7) is 12.2. The lowest BCUT2D eigenvalue weighted by Crippen LogP contribution is -2.31. The Balaban J connectivity index is 2.42. The fourth-order valence-electron chi connectivity index (χ4n) is 1.94. The third kappa shape index (κ3) is 8.41. The Morgan fingerprint density at radius 2 is 1.91 bits per heavy atom. The number of benzene rings is 1. The molecule has 0 aliphatic heterocycles. The largest absolute Gasteiger partial charge is 0.509 e. The fraction of sp³-hybridized carbons (Fsp3) is 0.526. The molecule has 0 N–H and O–H groups in total. The maximum absolute atomic E-state index is 11.8. The molecule has 23 heavy (non-hydrogen) atoms. The lowest BCUT2D eigenvalue weighted by atomic mass is 10.0. The minimum Gasteiger partial charge on any atom is -0.430 e. The van der Waals surface area contributed by atoms with Gasteiger partial charge in [0.05, 0.1) is 13.2 Å². The Labute approximate surface area is 139 Å². The molecule has 0 saturated heterocycles. The molecule has 4 nitrogen and oxygen atoms in total. The molecule has 0 amide bonds. The van der Waals surface area contributed by atoms with Crippen molar-refractivity contribution in [2.24, 2.45) is 5.92 Å². The molecule has 2 unspecified atom stereocenters. The van der Waals surface area contributed by atoms with Gasteiger partial charge in [-0.25, -0.2) is 4.79 Å². The maximum Gasteiger partial charge on any atom is 0.509 e. The van der Waals surface area contributed by atoms with Gasteiger partial charge in [-0.1, -0.05) is 43.3 Å². The van der Waals surface area contributed by atoms with Crippen LogP contribution in [0.1, 0.15) is 39.7 Å². The van der Waals surface area contributed by atoms with Crippen LogP contribution in [0.2, 0.25) is 0 Å². The Morgan fingerprint density at radius 1 is 1.26 bits per heavy atom. The second kappa shape index (κ2) is 9.36. The number of carbonyl (C=O) groups excluding carboxylic acids is 1. The van der Waals surface area contributed by atoms with Gasteiger partial charge in [0.2, 0.25) is 0 Å². The van der Waals surface area contributed by atoms with E-state index < -0.39 is 11.8 Å². The molecular formula is C19H28O4. The van der Waals surface area contributed by atoms with Crippen molar-refractivity contribution >= 4 is 6.16 Å². The van der Waals surface area contributed by atoms with Gasteiger partial charge in [0.25, 0.3) is 0 Å². The van der Waals surface area contributed by atoms with E-state index in [1.165, 1.54) is 0 Å². The summed E-state index contributed by atoms with van der Waals surface area (Å²) in [6.07, 6.45) is 1.41. The zero-order valence-corrected chi connectivity index (χ0v) is 14.6. The molecule has 0 aliphatic carbocycles. The molecule has 0 saturated carbocycles. The standard InChI is InChI=1S/C19H28O4/c1-6-15(2)17(22-18(20)23-19(3,4)5)12-13-21-14-16-10-8-7-9-11-16/h6-11,15,17H,1,12-14H2,2-5H3. The topological polar surface area (TPSA) is 44.8 Å². The lowest BCUT2D eigenvalue weighted by Gasteiger charge is -2.25. The van der Waals surface area contributed by atoms with E-state index in [-0.39, 0.29) is 12.0 Å². The number of hydrogen-bond donors (Lipinski definition) is 0. The number of hydrogen-bond acceptors (Lipinski definition) is 4. The highest BCUT2D eigenvalue weighted by Gasteiger charge is 2.24. The predicted octanol–water partition coefficient (Wildman–Crippen LogP) is 4.74. The summed E-state index contributed by atoms with van der Waals surface area (Å²) in [4.78, 5) is 11.8. The van der Waals surface area contributed by atoms with Gasteiger partial charge >= 0.3 is 6.16 Å². The van der Waals surface area contributed by atoms with E-state index in [1.54, 1.807) is 6.08 Å². The average Bonchev–Trinajstić information content (AvgIpc) is 2.48. The first-order chi connectivity index (χ1) is 10.8. The summed E-state index contributed by atoms with van der Waals surface area (Å²) in [5.41, 5.74) is 0.553. The Hall–Kier alpha value is -1.81. The van der Waals surface area contributed by atoms with Crippen LogP contribution in [0.25, 0.3) is 0 Å². The van der Waals surface area contributed by atoms with Crippen LogP contribution in [0.5, 0.6) is 0 Å². The summed E-state index contributed by atoms with van der Waals surface area (Å²) in [5, 5.41) is 0. The lowest BCUT2D eigenvalue weighted by molar-refractivity contribution is -0.0417. The van der Waals surface area contributed by atoms with Gasteiger partial charge < -0.3 is 14.2 Å². The first-order valence-corrected chi connectivity index (χ1v) is 7.95. The van der Waals surface area contributed by atoms with Crippen LogP contribution in [-0.2, 0) is 20.8 Å². The van der Waals surface area contributed by atoms with Crippen molar-refractivity contribution in [2.45, 2.75) is 52.4 Å². The van der Waals surface area contributed by atoms with Crippen molar-refractivity contribution in [3.8, 4) is 0 Å². The summed E-state index contributed by atoms with van der Waals surface area (Å²) in [6, 6.07) is 9.96. The fourth-order valence-corrected chi connectivity index (χ4v) is 1.94. The summed E-state index contributed by atoms with van der Waals surface area (Å²) in [5.74, 6) is 0.0304. The van der Waals surface area contributed by atoms with E-state index >= 15 is 0 Å². The molecule has 0 radical (unpaired) electrons. The highest BCUT2D eigenvalue weighted by Crippen LogP contribution is 2.17. The van der Waals surface area contributed by atoms with Crippen LogP contribution in [0, 0.1) is 5.92 Å². The Morgan fingerprint density at radius 3 is 2.48 bits per heavy atom. The third-order valence-corrected chi connectivity index (χ3v) is 3.25. The van der Waals surface area contributed by atoms with E-state index in [2.05, 4.69) is 6.58 Å². The molecule has 1 rings (SSSR count). The second-order valence-corrected chi connectivity index (χ2v) is 6.54. The number of carbonyl (C=O) groups is 1. The van der Waals surface area contributed by atoms with Crippen LogP contribution in [0.3, 0.4) is 0 Å². The first-order valence-electron chi connectivity index (χ1n) is 7.95. The van der Waals surface area contributed by atoms with Crippen LogP contribution in [0.4, 0.5) is 4.79 Å². The van der Waals surface area contributed by atoms with Crippen LogP contribution < -0.4 is 0 Å². The van der Waals surface area contributed by atoms with Crippen LogP contribution in [0.15, 0.2) is 43.0 Å². The van der Waals surface area contributed by atoms with Crippen molar-refractivity contribution in [3.63, 3.8) is 0 Å². The quantitative estimate of drug-likeness (QED) is 0.394. The molecule has 4 heteroatoms. The highest BCUT2D eigenvalue weighted by atomic mass is 16.7. The van der Waals surface area contributed by atoms with E-state index in [0.717, 1.165) is 5.56 Å². The zero-order chi connectivity index (χ0) is 17.3. The van der Waals surface area contributed by atoms with Gasteiger partial charge in [-0.3, -0.25) is 0 Å². The normalized spacial score (nSPS) is 13.9. The molecule has 128 valence electrons. The molecule has 0 spiro atoms. The Bertz CT molecular complexity index is 476. The average molecular weight is 320 g/mol. The van der Waals surface area contributed by atoms with Crippen LogP contribution >= 0.6 is 0 Å². The van der Waals surface area contributed by atoms with Gasteiger partial charge in [-0.2, -0.15) is 0 Å². The minimum absolute atomic E-state index is 0.0304. The summed E-state index contributed by atoms with van der Waals surface area (Å²) in [7, 11) is 0. The molecule has 0 heterocycles. The van der Waals surface area contributed by atoms with E-state index in [9.17, 15) is 4.79 Å². The third-order valence-electron chi connectivity index (χ3n) is 3.25. The number of ether oxygens (including phenoxy) is 3. The molecule has 2 atom stereocenters. The first kappa shape index (κ1) is 19.2. The van der Waals surface area contributed by atoms with Gasteiger partial charge in [-0.15, -0.1) is 6.58 Å². The van der Waals surface area contributed by atoms with E-state index in [0.29, 0.717) is 19.6 Å². The molecule has 0 aromatic heterocycles. The van der Waals surface area contributed by atoms with Crippen molar-refractivity contribution in [1.82, 2.24) is 0 Å². The minimum atomic E-state index is -0.653. The van der Waals surface area contributed by atoms with Crippen molar-refractivity contribution in [1.29, 1.82) is 0 Å². The maximum atomic E-state index is 11.8. The predicted molar refractivity (Wildman–Crippen MR) is 91.2 cm³/mol. The van der Waals surface area contributed by atoms with Crippen molar-refractivity contribution < 1.29 is 19.0 Å². The molecule has 0 fully saturated rings. The van der Waals surface area contributed by atoms with E-state index in [4.69, 9.17) is 14.2 Å². The Kier molecular flexibility index (Phi) is 7.83. The molecule has 1 aromatic carbocycles. The SMILES string of the molecule is C=CC(C)C(CCOCc1ccccc1)OC(=O)OC(C)(C)C.